The number of hydrogen-bond donors (Lipinski definition) is 1. The predicted octanol–water partition coefficient (Wildman–Crippen LogP) is 2.51. The van der Waals surface area contributed by atoms with E-state index in [9.17, 15) is 0 Å². The number of allylic oxidation sites excluding steroid dienone is 1. The molecule has 1 nitrogen and oxygen atoms in total. The molecule has 1 unspecified atom stereocenters. The van der Waals surface area contributed by atoms with Crippen LogP contribution in [-0.2, 0) is 0 Å². The smallest absolute Gasteiger partial charge is 0.0459 e. The molecule has 0 rings (SSSR count). The summed E-state index contributed by atoms with van der Waals surface area (Å²) >= 11 is 0. The van der Waals surface area contributed by atoms with Crippen LogP contribution in [0.4, 0.5) is 0 Å². The van der Waals surface area contributed by atoms with E-state index in [0.717, 1.165) is 6.42 Å². The Bertz CT molecular complexity index is 115. The van der Waals surface area contributed by atoms with Gasteiger partial charge < -0.3 is 5.11 Å². The molecule has 0 aromatic heterocycles. The van der Waals surface area contributed by atoms with Gasteiger partial charge in [0.15, 0.2) is 0 Å². The molecule has 1 atom stereocenters. The molecule has 66 valence electrons. The molecule has 0 radical (unpaired) electrons. The topological polar surface area (TPSA) is 20.2 Å². The zero-order valence-corrected chi connectivity index (χ0v) is 8.93. The number of rotatable bonds is 5. The molecule has 0 aromatic carbocycles. The Morgan fingerprint density at radius 1 is 1.45 bits per heavy atom. The third-order valence-corrected chi connectivity index (χ3v) is 3.46. The Hall–Kier alpha value is -0.0831. The van der Waals surface area contributed by atoms with Crippen LogP contribution < -0.4 is 0 Å². The van der Waals surface area contributed by atoms with Gasteiger partial charge in [-0.1, -0.05) is 31.8 Å². The molecule has 0 aliphatic rings. The minimum atomic E-state index is -0.986. The zero-order valence-electron chi connectivity index (χ0n) is 7.93. The van der Waals surface area contributed by atoms with E-state index in [-0.39, 0.29) is 0 Å². The highest BCUT2D eigenvalue weighted by atomic mass is 28.3. The van der Waals surface area contributed by atoms with Gasteiger partial charge in [0, 0.05) is 14.7 Å². The molecule has 2 heteroatoms. The second kappa shape index (κ2) is 4.73. The Morgan fingerprint density at radius 2 is 2.00 bits per heavy atom. The van der Waals surface area contributed by atoms with Crippen LogP contribution in [0.3, 0.4) is 0 Å². The highest BCUT2D eigenvalue weighted by Crippen LogP contribution is 2.19. The Morgan fingerprint density at radius 3 is 2.27 bits per heavy atom. The van der Waals surface area contributed by atoms with Crippen molar-refractivity contribution in [3.63, 3.8) is 0 Å². The third-order valence-electron chi connectivity index (χ3n) is 1.66. The fourth-order valence-corrected chi connectivity index (χ4v) is 3.35. The van der Waals surface area contributed by atoms with Crippen LogP contribution >= 0.6 is 0 Å². The highest BCUT2D eigenvalue weighted by molar-refractivity contribution is 6.76. The summed E-state index contributed by atoms with van der Waals surface area (Å²) in [5, 5.41) is 8.99. The summed E-state index contributed by atoms with van der Waals surface area (Å²) in [6.07, 6.45) is 2.86. The van der Waals surface area contributed by atoms with Crippen molar-refractivity contribution in [2.75, 3.05) is 6.61 Å². The lowest BCUT2D eigenvalue weighted by atomic mass is 10.1. The van der Waals surface area contributed by atoms with Crippen LogP contribution in [0.2, 0.25) is 25.7 Å². The predicted molar refractivity (Wildman–Crippen MR) is 53.5 cm³/mol. The monoisotopic (exact) mass is 172 g/mol. The van der Waals surface area contributed by atoms with Crippen molar-refractivity contribution in [3.05, 3.63) is 12.7 Å². The van der Waals surface area contributed by atoms with Crippen molar-refractivity contribution >= 4 is 8.07 Å². The first-order valence-electron chi connectivity index (χ1n) is 4.21. The molecular formula is C9H20OSi. The van der Waals surface area contributed by atoms with Crippen molar-refractivity contribution in [1.82, 2.24) is 0 Å². The van der Waals surface area contributed by atoms with Crippen LogP contribution in [0.5, 0.6) is 0 Å². The minimum absolute atomic E-state index is 0.316. The van der Waals surface area contributed by atoms with E-state index in [1.54, 1.807) is 0 Å². The van der Waals surface area contributed by atoms with Gasteiger partial charge in [-0.25, -0.2) is 0 Å². The van der Waals surface area contributed by atoms with Crippen molar-refractivity contribution in [2.45, 2.75) is 32.1 Å². The molecule has 1 N–H and O–H groups in total. The first-order valence-corrected chi connectivity index (χ1v) is 7.92. The van der Waals surface area contributed by atoms with E-state index in [0.29, 0.717) is 12.5 Å². The maximum absolute atomic E-state index is 8.99. The van der Waals surface area contributed by atoms with Gasteiger partial charge in [-0.15, -0.1) is 6.58 Å². The molecule has 0 fully saturated rings. The third kappa shape index (κ3) is 6.32. The molecule has 0 saturated carbocycles. The summed E-state index contributed by atoms with van der Waals surface area (Å²) in [6.45, 7) is 11.0. The molecule has 0 aliphatic carbocycles. The summed E-state index contributed by atoms with van der Waals surface area (Å²) < 4.78 is 0. The standard InChI is InChI=1S/C9H20OSi/c1-5-6-9(7-10)8-11(2,3)4/h5,9-10H,1,6-8H2,2-4H3. The van der Waals surface area contributed by atoms with Gasteiger partial charge in [-0.2, -0.15) is 0 Å². The SMILES string of the molecule is C=CCC(CO)C[Si](C)(C)C. The van der Waals surface area contributed by atoms with Gasteiger partial charge >= 0.3 is 0 Å². The maximum atomic E-state index is 8.99. The zero-order chi connectivity index (χ0) is 8.91. The van der Waals surface area contributed by atoms with Crippen LogP contribution in [0.1, 0.15) is 6.42 Å². The first-order chi connectivity index (χ1) is 4.99. The van der Waals surface area contributed by atoms with E-state index >= 15 is 0 Å². The van der Waals surface area contributed by atoms with Gasteiger partial charge in [0.05, 0.1) is 0 Å². The fourth-order valence-electron chi connectivity index (χ4n) is 1.32. The first kappa shape index (κ1) is 10.9. The molecule has 0 saturated heterocycles. The average molecular weight is 172 g/mol. The van der Waals surface area contributed by atoms with E-state index in [2.05, 4.69) is 26.2 Å². The minimum Gasteiger partial charge on any atom is -0.396 e. The van der Waals surface area contributed by atoms with Gasteiger partial charge in [0.25, 0.3) is 0 Å². The largest absolute Gasteiger partial charge is 0.396 e. The maximum Gasteiger partial charge on any atom is 0.0459 e. The van der Waals surface area contributed by atoms with Gasteiger partial charge in [0.1, 0.15) is 0 Å². The molecule has 0 amide bonds. The number of aliphatic hydroxyl groups excluding tert-OH is 1. The lowest BCUT2D eigenvalue weighted by Crippen LogP contribution is -2.25. The van der Waals surface area contributed by atoms with Crippen molar-refractivity contribution in [1.29, 1.82) is 0 Å². The van der Waals surface area contributed by atoms with Gasteiger partial charge in [0.2, 0.25) is 0 Å². The van der Waals surface area contributed by atoms with Crippen LogP contribution in [-0.4, -0.2) is 19.8 Å². The Kier molecular flexibility index (Phi) is 4.69. The van der Waals surface area contributed by atoms with Crippen molar-refractivity contribution < 1.29 is 5.11 Å². The Labute approximate surface area is 71.1 Å². The second-order valence-electron chi connectivity index (χ2n) is 4.34. The van der Waals surface area contributed by atoms with E-state index in [1.807, 2.05) is 6.08 Å². The van der Waals surface area contributed by atoms with E-state index < -0.39 is 8.07 Å². The lowest BCUT2D eigenvalue weighted by Gasteiger charge is -2.21. The number of aliphatic hydroxyl groups is 1. The summed E-state index contributed by atoms with van der Waals surface area (Å²) in [5.41, 5.74) is 0. The average Bonchev–Trinajstić information content (AvgIpc) is 1.84. The van der Waals surface area contributed by atoms with Crippen LogP contribution in [0.15, 0.2) is 12.7 Å². The normalized spacial score (nSPS) is 14.5. The molecule has 0 bridgehead atoms. The Balaban J connectivity index is 3.77. The van der Waals surface area contributed by atoms with Gasteiger partial charge in [-0.3, -0.25) is 0 Å². The summed E-state index contributed by atoms with van der Waals surface area (Å²) in [4.78, 5) is 0. The van der Waals surface area contributed by atoms with E-state index in [1.165, 1.54) is 6.04 Å². The molecule has 0 aromatic rings. The molecular weight excluding hydrogens is 152 g/mol. The van der Waals surface area contributed by atoms with E-state index in [4.69, 9.17) is 5.11 Å². The number of hydrogen-bond acceptors (Lipinski definition) is 1. The van der Waals surface area contributed by atoms with Gasteiger partial charge in [-0.05, 0) is 12.3 Å². The van der Waals surface area contributed by atoms with Crippen molar-refractivity contribution in [2.24, 2.45) is 5.92 Å². The summed E-state index contributed by atoms with van der Waals surface area (Å²) in [6, 6.07) is 1.20. The molecule has 0 heterocycles. The molecule has 0 spiro atoms. The molecule has 11 heavy (non-hydrogen) atoms. The quantitative estimate of drug-likeness (QED) is 0.499. The lowest BCUT2D eigenvalue weighted by molar-refractivity contribution is 0.238. The summed E-state index contributed by atoms with van der Waals surface area (Å²) in [7, 11) is -0.986. The fraction of sp³-hybridized carbons (Fsp3) is 0.778. The summed E-state index contributed by atoms with van der Waals surface area (Å²) in [5.74, 6) is 0.458. The van der Waals surface area contributed by atoms with Crippen LogP contribution in [0.25, 0.3) is 0 Å². The van der Waals surface area contributed by atoms with Crippen LogP contribution in [0, 0.1) is 5.92 Å². The highest BCUT2D eigenvalue weighted by Gasteiger charge is 2.18. The van der Waals surface area contributed by atoms with Crippen molar-refractivity contribution in [3.8, 4) is 0 Å². The second-order valence-corrected chi connectivity index (χ2v) is 9.87. The molecule has 0 aliphatic heterocycles.